The highest BCUT2D eigenvalue weighted by atomic mass is 16.5. The van der Waals surface area contributed by atoms with Gasteiger partial charge in [0, 0.05) is 36.7 Å². The van der Waals surface area contributed by atoms with E-state index in [-0.39, 0.29) is 30.3 Å². The van der Waals surface area contributed by atoms with Crippen LogP contribution in [0.2, 0.25) is 0 Å². The number of carbonyl (C=O) groups is 2. The average molecular weight is 443 g/mol. The number of methoxy groups -OCH3 is 2. The number of hydrogen-bond donors (Lipinski definition) is 1. The maximum atomic E-state index is 12.8. The number of likely N-dealkylation sites (tertiary alicyclic amines) is 1. The molecular weight excluding hydrogens is 412 g/mol. The van der Waals surface area contributed by atoms with E-state index in [0.29, 0.717) is 43.1 Å². The fourth-order valence-electron chi connectivity index (χ4n) is 3.71. The highest BCUT2D eigenvalue weighted by molar-refractivity contribution is 5.80. The number of amides is 2. The second-order valence-electron chi connectivity index (χ2n) is 8.10. The lowest BCUT2D eigenvalue weighted by Gasteiger charge is -2.31. The summed E-state index contributed by atoms with van der Waals surface area (Å²) in [4.78, 5) is 39.2. The van der Waals surface area contributed by atoms with Crippen LogP contribution in [0.3, 0.4) is 0 Å². The van der Waals surface area contributed by atoms with Gasteiger partial charge in [0.2, 0.25) is 11.8 Å². The van der Waals surface area contributed by atoms with Crippen LogP contribution < -0.4 is 20.3 Å². The first-order chi connectivity index (χ1) is 15.3. The Kier molecular flexibility index (Phi) is 7.50. The molecule has 2 amide bonds. The minimum atomic E-state index is -0.418. The van der Waals surface area contributed by atoms with Crippen molar-refractivity contribution in [3.05, 3.63) is 40.7 Å². The molecule has 1 aromatic heterocycles. The molecule has 1 N–H and O–H groups in total. The van der Waals surface area contributed by atoms with Crippen LogP contribution >= 0.6 is 0 Å². The van der Waals surface area contributed by atoms with Crippen LogP contribution in [0.1, 0.15) is 26.7 Å². The molecule has 1 saturated heterocycles. The van der Waals surface area contributed by atoms with Gasteiger partial charge in [-0.2, -0.15) is 5.10 Å². The van der Waals surface area contributed by atoms with Gasteiger partial charge in [-0.3, -0.25) is 14.4 Å². The van der Waals surface area contributed by atoms with Crippen LogP contribution in [0.25, 0.3) is 11.3 Å². The summed E-state index contributed by atoms with van der Waals surface area (Å²) in [6.45, 7) is 4.64. The highest BCUT2D eigenvalue weighted by Crippen LogP contribution is 2.27. The van der Waals surface area contributed by atoms with Gasteiger partial charge < -0.3 is 19.7 Å². The summed E-state index contributed by atoms with van der Waals surface area (Å²) < 4.78 is 11.7. The lowest BCUT2D eigenvalue weighted by Crippen LogP contribution is -2.46. The third-order valence-corrected chi connectivity index (χ3v) is 5.48. The second kappa shape index (κ2) is 10.3. The Bertz CT molecular complexity index is 1010. The Labute approximate surface area is 187 Å². The van der Waals surface area contributed by atoms with Gasteiger partial charge >= 0.3 is 0 Å². The number of piperidine rings is 1. The molecule has 0 spiro atoms. The summed E-state index contributed by atoms with van der Waals surface area (Å²) >= 11 is 0. The maximum absolute atomic E-state index is 12.8. The van der Waals surface area contributed by atoms with Gasteiger partial charge in [0.05, 0.1) is 14.2 Å². The van der Waals surface area contributed by atoms with Gasteiger partial charge in [0.25, 0.3) is 5.56 Å². The number of benzene rings is 1. The van der Waals surface area contributed by atoms with Crippen LogP contribution in [0.15, 0.2) is 35.1 Å². The Morgan fingerprint density at radius 1 is 1.12 bits per heavy atom. The molecule has 1 fully saturated rings. The normalized spacial score (nSPS) is 14.3. The molecule has 32 heavy (non-hydrogen) atoms. The zero-order valence-corrected chi connectivity index (χ0v) is 19.0. The Morgan fingerprint density at radius 3 is 2.34 bits per heavy atom. The molecule has 0 bridgehead atoms. The second-order valence-corrected chi connectivity index (χ2v) is 8.10. The number of ether oxygens (including phenoxy) is 2. The van der Waals surface area contributed by atoms with Gasteiger partial charge in [-0.05, 0) is 51.0 Å². The molecule has 0 radical (unpaired) electrons. The van der Waals surface area contributed by atoms with Crippen molar-refractivity contribution >= 4 is 11.8 Å². The molecule has 9 nitrogen and oxygen atoms in total. The number of nitrogens with zero attached hydrogens (tertiary/aromatic N) is 3. The Balaban J connectivity index is 1.72. The smallest absolute Gasteiger partial charge is 0.270 e. The van der Waals surface area contributed by atoms with Crippen LogP contribution in [0, 0.1) is 5.92 Å². The lowest BCUT2D eigenvalue weighted by atomic mass is 9.95. The number of nitrogens with one attached hydrogen (secondary N) is 1. The SMILES string of the molecule is COc1ccc(-c2nn(CC(=O)N3CCC(C(=O)NC(C)C)CC3)c(=O)cc2OC)cc1. The van der Waals surface area contributed by atoms with E-state index < -0.39 is 5.56 Å². The van der Waals surface area contributed by atoms with Crippen molar-refractivity contribution in [2.75, 3.05) is 27.3 Å². The monoisotopic (exact) mass is 442 g/mol. The minimum Gasteiger partial charge on any atom is -0.497 e. The summed E-state index contributed by atoms with van der Waals surface area (Å²) in [6, 6.07) is 8.63. The predicted octanol–water partition coefficient (Wildman–Crippen LogP) is 1.69. The van der Waals surface area contributed by atoms with Crippen LogP contribution in [0.5, 0.6) is 11.5 Å². The van der Waals surface area contributed by atoms with Gasteiger partial charge in [0.15, 0.2) is 5.75 Å². The Hall–Kier alpha value is -3.36. The first-order valence-corrected chi connectivity index (χ1v) is 10.7. The lowest BCUT2D eigenvalue weighted by molar-refractivity contribution is -0.136. The van der Waals surface area contributed by atoms with Gasteiger partial charge in [-0.15, -0.1) is 0 Å². The summed E-state index contributed by atoms with van der Waals surface area (Å²) in [5.41, 5.74) is 0.783. The summed E-state index contributed by atoms with van der Waals surface area (Å²) in [6.07, 6.45) is 1.21. The largest absolute Gasteiger partial charge is 0.497 e. The molecule has 1 aromatic carbocycles. The third-order valence-electron chi connectivity index (χ3n) is 5.48. The Morgan fingerprint density at radius 2 is 1.78 bits per heavy atom. The fraction of sp³-hybridized carbons (Fsp3) is 0.478. The zero-order chi connectivity index (χ0) is 23.3. The van der Waals surface area contributed by atoms with Crippen molar-refractivity contribution in [2.24, 2.45) is 5.92 Å². The molecule has 0 unspecified atom stereocenters. The summed E-state index contributed by atoms with van der Waals surface area (Å²) in [5.74, 6) is 0.768. The third kappa shape index (κ3) is 5.46. The van der Waals surface area contributed by atoms with Crippen molar-refractivity contribution in [3.63, 3.8) is 0 Å². The summed E-state index contributed by atoms with van der Waals surface area (Å²) in [5, 5.41) is 7.33. The molecular formula is C23H30N4O5. The number of rotatable bonds is 7. The molecule has 1 aliphatic rings. The highest BCUT2D eigenvalue weighted by Gasteiger charge is 2.28. The van der Waals surface area contributed by atoms with Crippen molar-refractivity contribution in [1.82, 2.24) is 20.0 Å². The standard InChI is InChI=1S/C23H30N4O5/c1-15(2)24-23(30)17-9-11-26(12-10-17)21(29)14-27-20(28)13-19(32-4)22(25-27)16-5-7-18(31-3)8-6-16/h5-8,13,15,17H,9-12,14H2,1-4H3,(H,24,30). The molecule has 0 saturated carbocycles. The predicted molar refractivity (Wildman–Crippen MR) is 120 cm³/mol. The average Bonchev–Trinajstić information content (AvgIpc) is 2.79. The molecule has 0 atom stereocenters. The van der Waals surface area contributed by atoms with E-state index in [2.05, 4.69) is 10.4 Å². The maximum Gasteiger partial charge on any atom is 0.270 e. The van der Waals surface area contributed by atoms with E-state index in [1.165, 1.54) is 13.2 Å². The quantitative estimate of drug-likeness (QED) is 0.700. The number of aromatic nitrogens is 2. The van der Waals surface area contributed by atoms with E-state index >= 15 is 0 Å². The van der Waals surface area contributed by atoms with Gasteiger partial charge in [-0.1, -0.05) is 0 Å². The van der Waals surface area contributed by atoms with E-state index in [1.54, 1.807) is 24.1 Å². The molecule has 3 rings (SSSR count). The minimum absolute atomic E-state index is 0.0317. The molecule has 172 valence electrons. The van der Waals surface area contributed by atoms with E-state index in [1.807, 2.05) is 26.0 Å². The molecule has 0 aliphatic carbocycles. The van der Waals surface area contributed by atoms with Gasteiger partial charge in [-0.25, -0.2) is 4.68 Å². The van der Waals surface area contributed by atoms with Crippen LogP contribution in [0.4, 0.5) is 0 Å². The fourth-order valence-corrected chi connectivity index (χ4v) is 3.71. The topological polar surface area (TPSA) is 103 Å². The van der Waals surface area contributed by atoms with Crippen LogP contribution in [-0.2, 0) is 16.1 Å². The van der Waals surface area contributed by atoms with Crippen molar-refractivity contribution < 1.29 is 19.1 Å². The number of hydrogen-bond acceptors (Lipinski definition) is 6. The zero-order valence-electron chi connectivity index (χ0n) is 19.0. The molecule has 1 aliphatic heterocycles. The van der Waals surface area contributed by atoms with Crippen molar-refractivity contribution in [3.8, 4) is 22.8 Å². The van der Waals surface area contributed by atoms with Gasteiger partial charge in [0.1, 0.15) is 18.0 Å². The molecule has 9 heteroatoms. The van der Waals surface area contributed by atoms with E-state index in [9.17, 15) is 14.4 Å². The first-order valence-electron chi connectivity index (χ1n) is 10.7. The molecule has 2 heterocycles. The van der Waals surface area contributed by atoms with Crippen molar-refractivity contribution in [2.45, 2.75) is 39.3 Å². The van der Waals surface area contributed by atoms with Crippen LogP contribution in [-0.4, -0.2) is 59.8 Å². The summed E-state index contributed by atoms with van der Waals surface area (Å²) in [7, 11) is 3.05. The number of carbonyl (C=O) groups excluding carboxylic acids is 2. The van der Waals surface area contributed by atoms with Crippen molar-refractivity contribution in [1.29, 1.82) is 0 Å². The van der Waals surface area contributed by atoms with E-state index in [0.717, 1.165) is 10.2 Å². The molecule has 2 aromatic rings. The first kappa shape index (κ1) is 23.3. The van der Waals surface area contributed by atoms with E-state index in [4.69, 9.17) is 9.47 Å².